The Bertz CT molecular complexity index is 682. The van der Waals surface area contributed by atoms with E-state index in [0.717, 1.165) is 16.7 Å². The van der Waals surface area contributed by atoms with Gasteiger partial charge in [-0.2, -0.15) is 0 Å². The van der Waals surface area contributed by atoms with Crippen LogP contribution < -0.4 is 4.72 Å². The van der Waals surface area contributed by atoms with Gasteiger partial charge in [0, 0.05) is 6.54 Å². The molecule has 2 aromatic carbocycles. The molecule has 1 N–H and O–H groups in total. The molecule has 0 fully saturated rings. The topological polar surface area (TPSA) is 55.4 Å². The van der Waals surface area contributed by atoms with E-state index in [-0.39, 0.29) is 5.75 Å². The van der Waals surface area contributed by atoms with Crippen molar-refractivity contribution in [1.29, 1.82) is 0 Å². The molecule has 5 heteroatoms. The zero-order chi connectivity index (χ0) is 16.5. The maximum absolute atomic E-state index is 11.6. The van der Waals surface area contributed by atoms with E-state index in [1.165, 1.54) is 0 Å². The Balaban J connectivity index is 1.78. The molecule has 2 rings (SSSR count). The van der Waals surface area contributed by atoms with Gasteiger partial charge in [-0.15, -0.1) is 0 Å². The van der Waals surface area contributed by atoms with Gasteiger partial charge in [-0.25, -0.2) is 13.1 Å². The molecule has 124 valence electrons. The molecule has 0 aliphatic heterocycles. The van der Waals surface area contributed by atoms with E-state index in [4.69, 9.17) is 4.74 Å². The van der Waals surface area contributed by atoms with E-state index in [1.807, 2.05) is 61.5 Å². The summed E-state index contributed by atoms with van der Waals surface area (Å²) in [7, 11) is -3.16. The third kappa shape index (κ3) is 6.52. The molecule has 0 aliphatic carbocycles. The number of ether oxygens (including phenoxy) is 1. The van der Waals surface area contributed by atoms with Crippen LogP contribution in [0.15, 0.2) is 54.6 Å². The number of hydrogen-bond donors (Lipinski definition) is 1. The second-order valence-electron chi connectivity index (χ2n) is 5.43. The molecule has 0 atom stereocenters. The van der Waals surface area contributed by atoms with Crippen LogP contribution >= 0.6 is 0 Å². The Labute approximate surface area is 138 Å². The quantitative estimate of drug-likeness (QED) is 0.766. The average Bonchev–Trinajstić information content (AvgIpc) is 2.55. The summed E-state index contributed by atoms with van der Waals surface area (Å²) in [6.07, 6.45) is 0.618. The van der Waals surface area contributed by atoms with Gasteiger partial charge in [-0.3, -0.25) is 0 Å². The summed E-state index contributed by atoms with van der Waals surface area (Å²) < 4.78 is 31.5. The zero-order valence-electron chi connectivity index (χ0n) is 13.4. The number of nitrogens with one attached hydrogen (secondary N) is 1. The van der Waals surface area contributed by atoms with E-state index < -0.39 is 10.0 Å². The summed E-state index contributed by atoms with van der Waals surface area (Å²) in [5.41, 5.74) is 3.16. The van der Waals surface area contributed by atoms with Gasteiger partial charge in [-0.1, -0.05) is 61.5 Å². The SMILES string of the molecule is CCCS(=O)(=O)NCc1ccc(COCc2ccccc2)cc1. The predicted molar refractivity (Wildman–Crippen MR) is 92.3 cm³/mol. The zero-order valence-corrected chi connectivity index (χ0v) is 14.2. The minimum absolute atomic E-state index is 0.165. The molecule has 0 unspecified atom stereocenters. The lowest BCUT2D eigenvalue weighted by Crippen LogP contribution is -2.25. The molecule has 0 radical (unpaired) electrons. The maximum atomic E-state index is 11.6. The standard InChI is InChI=1S/C18H23NO3S/c1-2-12-23(20,21)19-13-16-8-10-18(11-9-16)15-22-14-17-6-4-3-5-7-17/h3-11,19H,2,12-15H2,1H3. The Morgan fingerprint density at radius 2 is 1.43 bits per heavy atom. The number of hydrogen-bond acceptors (Lipinski definition) is 3. The minimum Gasteiger partial charge on any atom is -0.372 e. The first kappa shape index (κ1) is 17.7. The first-order valence-corrected chi connectivity index (χ1v) is 9.41. The fraction of sp³-hybridized carbons (Fsp3) is 0.333. The molecule has 0 saturated heterocycles. The van der Waals surface area contributed by atoms with Crippen molar-refractivity contribution >= 4 is 10.0 Å². The van der Waals surface area contributed by atoms with E-state index in [0.29, 0.717) is 26.2 Å². The molecule has 0 amide bonds. The molecule has 23 heavy (non-hydrogen) atoms. The van der Waals surface area contributed by atoms with E-state index in [9.17, 15) is 8.42 Å². The monoisotopic (exact) mass is 333 g/mol. The van der Waals surface area contributed by atoms with Crippen molar-refractivity contribution in [1.82, 2.24) is 4.72 Å². The van der Waals surface area contributed by atoms with Crippen molar-refractivity contribution in [3.8, 4) is 0 Å². The fourth-order valence-corrected chi connectivity index (χ4v) is 3.22. The second kappa shape index (κ2) is 8.82. The van der Waals surface area contributed by atoms with Crippen molar-refractivity contribution in [2.75, 3.05) is 5.75 Å². The van der Waals surface area contributed by atoms with Gasteiger partial charge in [0.05, 0.1) is 19.0 Å². The highest BCUT2D eigenvalue weighted by Crippen LogP contribution is 2.08. The number of benzene rings is 2. The third-order valence-electron chi connectivity index (χ3n) is 3.37. The molecule has 0 saturated carbocycles. The number of rotatable bonds is 9. The lowest BCUT2D eigenvalue weighted by molar-refractivity contribution is 0.107. The van der Waals surface area contributed by atoms with Gasteiger partial charge in [0.2, 0.25) is 10.0 Å². The second-order valence-corrected chi connectivity index (χ2v) is 7.36. The lowest BCUT2D eigenvalue weighted by atomic mass is 10.1. The smallest absolute Gasteiger partial charge is 0.211 e. The highest BCUT2D eigenvalue weighted by Gasteiger charge is 2.07. The van der Waals surface area contributed by atoms with Crippen LogP contribution in [0.1, 0.15) is 30.0 Å². The molecule has 0 spiro atoms. The third-order valence-corrected chi connectivity index (χ3v) is 4.90. The van der Waals surface area contributed by atoms with Crippen LogP contribution in [0.2, 0.25) is 0 Å². The predicted octanol–water partition coefficient (Wildman–Crippen LogP) is 3.23. The Kier molecular flexibility index (Phi) is 6.77. The van der Waals surface area contributed by atoms with Gasteiger partial charge >= 0.3 is 0 Å². The number of sulfonamides is 1. The molecule has 2 aromatic rings. The van der Waals surface area contributed by atoms with Crippen LogP contribution in [0.25, 0.3) is 0 Å². The maximum Gasteiger partial charge on any atom is 0.211 e. The first-order chi connectivity index (χ1) is 11.1. The van der Waals surface area contributed by atoms with Crippen molar-refractivity contribution < 1.29 is 13.2 Å². The summed E-state index contributed by atoms with van der Waals surface area (Å²) >= 11 is 0. The average molecular weight is 333 g/mol. The van der Waals surface area contributed by atoms with Crippen LogP contribution in [0.5, 0.6) is 0 Å². The van der Waals surface area contributed by atoms with Gasteiger partial charge in [0.1, 0.15) is 0 Å². The van der Waals surface area contributed by atoms with Crippen molar-refractivity contribution in [3.05, 3.63) is 71.3 Å². The Morgan fingerprint density at radius 3 is 2.04 bits per heavy atom. The molecular formula is C18H23NO3S. The van der Waals surface area contributed by atoms with Crippen LogP contribution in [0.4, 0.5) is 0 Å². The van der Waals surface area contributed by atoms with Crippen molar-refractivity contribution in [2.45, 2.75) is 33.1 Å². The van der Waals surface area contributed by atoms with Gasteiger partial charge in [0.25, 0.3) is 0 Å². The van der Waals surface area contributed by atoms with Gasteiger partial charge in [-0.05, 0) is 23.1 Å². The van der Waals surface area contributed by atoms with Crippen LogP contribution in [0.3, 0.4) is 0 Å². The summed E-state index contributed by atoms with van der Waals surface area (Å²) in [4.78, 5) is 0. The minimum atomic E-state index is -3.16. The Hall–Kier alpha value is -1.69. The van der Waals surface area contributed by atoms with Crippen molar-refractivity contribution in [3.63, 3.8) is 0 Å². The Morgan fingerprint density at radius 1 is 0.870 bits per heavy atom. The summed E-state index contributed by atoms with van der Waals surface area (Å²) in [5.74, 6) is 0.165. The van der Waals surface area contributed by atoms with Crippen LogP contribution in [-0.4, -0.2) is 14.2 Å². The van der Waals surface area contributed by atoms with Crippen molar-refractivity contribution in [2.24, 2.45) is 0 Å². The highest BCUT2D eigenvalue weighted by molar-refractivity contribution is 7.89. The molecule has 0 aromatic heterocycles. The largest absolute Gasteiger partial charge is 0.372 e. The molecule has 0 heterocycles. The highest BCUT2D eigenvalue weighted by atomic mass is 32.2. The van der Waals surface area contributed by atoms with Crippen LogP contribution in [-0.2, 0) is 34.5 Å². The molecule has 4 nitrogen and oxygen atoms in total. The first-order valence-electron chi connectivity index (χ1n) is 7.76. The summed E-state index contributed by atoms with van der Waals surface area (Å²) in [5, 5.41) is 0. The molecule has 0 aliphatic rings. The van der Waals surface area contributed by atoms with Gasteiger partial charge in [0.15, 0.2) is 0 Å². The normalized spacial score (nSPS) is 11.5. The molecule has 0 bridgehead atoms. The van der Waals surface area contributed by atoms with E-state index >= 15 is 0 Å². The van der Waals surface area contributed by atoms with Crippen LogP contribution in [0, 0.1) is 0 Å². The van der Waals surface area contributed by atoms with E-state index in [1.54, 1.807) is 0 Å². The lowest BCUT2D eigenvalue weighted by Gasteiger charge is -2.08. The summed E-state index contributed by atoms with van der Waals surface area (Å²) in [6, 6.07) is 17.8. The summed E-state index contributed by atoms with van der Waals surface area (Å²) in [6.45, 7) is 3.30. The van der Waals surface area contributed by atoms with Gasteiger partial charge < -0.3 is 4.74 Å². The fourth-order valence-electron chi connectivity index (χ4n) is 2.15. The van der Waals surface area contributed by atoms with E-state index in [2.05, 4.69) is 4.72 Å². The molecular weight excluding hydrogens is 310 g/mol.